The average Bonchev–Trinajstić information content (AvgIpc) is 3.51. The number of H-pyrrole nitrogens is 1. The summed E-state index contributed by atoms with van der Waals surface area (Å²) in [4.78, 5) is 27.6. The second-order valence-electron chi connectivity index (χ2n) is 9.04. The highest BCUT2D eigenvalue weighted by Gasteiger charge is 2.55. The van der Waals surface area contributed by atoms with Gasteiger partial charge in [0.05, 0.1) is 9.95 Å². The molecule has 0 radical (unpaired) electrons. The summed E-state index contributed by atoms with van der Waals surface area (Å²) in [6.07, 6.45) is 3.60. The Labute approximate surface area is 203 Å². The minimum absolute atomic E-state index is 0.0393. The van der Waals surface area contributed by atoms with Crippen LogP contribution >= 0.6 is 34.7 Å². The molecule has 6 nitrogen and oxygen atoms in total. The number of thiazole rings is 1. The van der Waals surface area contributed by atoms with E-state index in [1.54, 1.807) is 23.9 Å². The first-order valence-electron chi connectivity index (χ1n) is 11.0. The van der Waals surface area contributed by atoms with Crippen LogP contribution < -0.4 is 9.61 Å². The van der Waals surface area contributed by atoms with E-state index in [0.717, 1.165) is 21.0 Å². The molecule has 0 saturated heterocycles. The van der Waals surface area contributed by atoms with Gasteiger partial charge >= 0.3 is 4.87 Å². The summed E-state index contributed by atoms with van der Waals surface area (Å²) in [5, 5.41) is 13.6. The lowest BCUT2D eigenvalue weighted by Gasteiger charge is -2.40. The summed E-state index contributed by atoms with van der Waals surface area (Å²) < 4.78 is 6.24. The molecule has 5 atom stereocenters. The van der Waals surface area contributed by atoms with E-state index in [1.165, 1.54) is 36.7 Å². The van der Waals surface area contributed by atoms with Crippen LogP contribution in [0.25, 0.3) is 0 Å². The van der Waals surface area contributed by atoms with Gasteiger partial charge in [0.15, 0.2) is 0 Å². The average molecular weight is 501 g/mol. The predicted octanol–water partition coefficient (Wildman–Crippen LogP) is 6.23. The first-order chi connectivity index (χ1) is 16.0. The molecule has 2 fully saturated rings. The molecule has 6 rings (SSSR count). The molecule has 2 bridgehead atoms. The Kier molecular flexibility index (Phi) is 5.27. The van der Waals surface area contributed by atoms with Crippen LogP contribution in [0.3, 0.4) is 0 Å². The molecule has 3 aromatic rings. The maximum atomic E-state index is 12.3. The fraction of sp³-hybridized carbons (Fsp3) is 0.375. The number of non-ortho nitro benzene ring substituents is 1. The van der Waals surface area contributed by atoms with Crippen molar-refractivity contribution in [2.45, 2.75) is 42.1 Å². The molecule has 0 amide bonds. The van der Waals surface area contributed by atoms with Crippen LogP contribution in [0.5, 0.6) is 5.75 Å². The molecule has 33 heavy (non-hydrogen) atoms. The Hall–Kier alpha value is -2.29. The van der Waals surface area contributed by atoms with E-state index in [9.17, 15) is 14.9 Å². The first-order valence-corrected chi connectivity index (χ1v) is 13.1. The SMILES string of the molecule is O=c1[nH]c2c(s1)[C@H](c1cc([N+](=O)[O-])ccc1OCc1ccccc1Cl)[C@H]1[C@H]3CC[C@@H](C3)[C@H]1S2. The van der Waals surface area contributed by atoms with Gasteiger partial charge in [-0.1, -0.05) is 41.1 Å². The number of aromatic amines is 1. The van der Waals surface area contributed by atoms with Crippen LogP contribution in [0.1, 0.15) is 41.2 Å². The highest BCUT2D eigenvalue weighted by atomic mass is 35.5. The molecular formula is C24H21ClN2O4S2. The van der Waals surface area contributed by atoms with Crippen molar-refractivity contribution in [3.05, 3.63) is 83.3 Å². The monoisotopic (exact) mass is 500 g/mol. The van der Waals surface area contributed by atoms with E-state index in [1.807, 2.05) is 24.3 Å². The number of hydrogen-bond acceptors (Lipinski definition) is 6. The van der Waals surface area contributed by atoms with Crippen molar-refractivity contribution >= 4 is 40.4 Å². The molecule has 3 aliphatic rings. The Morgan fingerprint density at radius 2 is 2.00 bits per heavy atom. The Bertz CT molecular complexity index is 1310. The number of nitro benzene ring substituents is 1. The van der Waals surface area contributed by atoms with Gasteiger partial charge in [0.2, 0.25) is 0 Å². The molecule has 0 spiro atoms. The lowest BCUT2D eigenvalue weighted by molar-refractivity contribution is -0.385. The number of benzene rings is 2. The van der Waals surface area contributed by atoms with Gasteiger partial charge in [-0.25, -0.2) is 0 Å². The maximum Gasteiger partial charge on any atom is 0.305 e. The molecule has 9 heteroatoms. The largest absolute Gasteiger partial charge is 0.489 e. The maximum absolute atomic E-state index is 12.3. The number of halogens is 1. The van der Waals surface area contributed by atoms with E-state index in [2.05, 4.69) is 4.98 Å². The highest BCUT2D eigenvalue weighted by Crippen LogP contribution is 2.64. The number of hydrogen-bond donors (Lipinski definition) is 1. The molecule has 1 aromatic heterocycles. The first kappa shape index (κ1) is 21.3. The van der Waals surface area contributed by atoms with Crippen molar-refractivity contribution in [1.29, 1.82) is 0 Å². The molecular weight excluding hydrogens is 480 g/mol. The standard InChI is InChI=1S/C24H21ClN2O4S2/c25-17-4-2-1-3-14(17)11-31-18-8-7-15(27(29)30)10-16(18)20-19-12-5-6-13(9-12)21(19)32-23-22(20)33-24(28)26-23/h1-4,7-8,10,12-13,19-21H,5-6,9,11H2,(H,26,28)/t12-,13-,19+,20+,21+/m0/s1. The van der Waals surface area contributed by atoms with Crippen LogP contribution in [0.15, 0.2) is 52.3 Å². The summed E-state index contributed by atoms with van der Waals surface area (Å²) in [6.45, 7) is 0.266. The van der Waals surface area contributed by atoms with Crippen molar-refractivity contribution < 1.29 is 9.66 Å². The fourth-order valence-corrected chi connectivity index (χ4v) is 9.07. The lowest BCUT2D eigenvalue weighted by Crippen LogP contribution is -2.33. The van der Waals surface area contributed by atoms with Crippen molar-refractivity contribution in [3.8, 4) is 5.75 Å². The molecule has 2 saturated carbocycles. The van der Waals surface area contributed by atoms with E-state index >= 15 is 0 Å². The number of aromatic nitrogens is 1. The van der Waals surface area contributed by atoms with Gasteiger partial charge in [0, 0.05) is 44.3 Å². The van der Waals surface area contributed by atoms with Crippen molar-refractivity contribution in [3.63, 3.8) is 0 Å². The van der Waals surface area contributed by atoms with Gasteiger partial charge < -0.3 is 9.72 Å². The van der Waals surface area contributed by atoms with Gasteiger partial charge in [-0.15, -0.1) is 11.8 Å². The molecule has 2 aromatic carbocycles. The van der Waals surface area contributed by atoms with E-state index < -0.39 is 0 Å². The van der Waals surface area contributed by atoms with Crippen LogP contribution in [0.4, 0.5) is 5.69 Å². The molecule has 170 valence electrons. The summed E-state index contributed by atoms with van der Waals surface area (Å²) in [5.74, 6) is 2.07. The normalized spacial score (nSPS) is 27.2. The van der Waals surface area contributed by atoms with E-state index in [4.69, 9.17) is 16.3 Å². The van der Waals surface area contributed by atoms with Crippen molar-refractivity contribution in [2.75, 3.05) is 0 Å². The number of nitrogens with zero attached hydrogens (tertiary/aromatic N) is 1. The molecule has 1 N–H and O–H groups in total. The quantitative estimate of drug-likeness (QED) is 0.331. The van der Waals surface area contributed by atoms with Gasteiger partial charge in [-0.2, -0.15) is 0 Å². The Morgan fingerprint density at radius 3 is 2.82 bits per heavy atom. The third-order valence-corrected chi connectivity index (χ3v) is 10.3. The third kappa shape index (κ3) is 3.59. The summed E-state index contributed by atoms with van der Waals surface area (Å²) in [7, 11) is 0. The van der Waals surface area contributed by atoms with Gasteiger partial charge in [0.25, 0.3) is 5.69 Å². The molecule has 2 heterocycles. The van der Waals surface area contributed by atoms with E-state index in [0.29, 0.717) is 33.8 Å². The number of thioether (sulfide) groups is 1. The zero-order valence-electron chi connectivity index (χ0n) is 17.5. The number of nitrogens with one attached hydrogen (secondary N) is 1. The van der Waals surface area contributed by atoms with Crippen LogP contribution in [0, 0.1) is 27.9 Å². The van der Waals surface area contributed by atoms with Crippen LogP contribution in [-0.2, 0) is 6.61 Å². The molecule has 1 aliphatic heterocycles. The number of ether oxygens (including phenoxy) is 1. The smallest absolute Gasteiger partial charge is 0.305 e. The fourth-order valence-electron chi connectivity index (χ4n) is 5.99. The summed E-state index contributed by atoms with van der Waals surface area (Å²) in [6, 6.07) is 12.3. The Balaban J connectivity index is 1.46. The summed E-state index contributed by atoms with van der Waals surface area (Å²) in [5.41, 5.74) is 1.69. The molecule has 0 unspecified atom stereocenters. The zero-order valence-corrected chi connectivity index (χ0v) is 19.9. The highest BCUT2D eigenvalue weighted by molar-refractivity contribution is 8.00. The van der Waals surface area contributed by atoms with Gasteiger partial charge in [-0.05, 0) is 49.1 Å². The number of rotatable bonds is 5. The zero-order chi connectivity index (χ0) is 22.7. The molecule has 2 aliphatic carbocycles. The lowest BCUT2D eigenvalue weighted by atomic mass is 9.74. The Morgan fingerprint density at radius 1 is 1.18 bits per heavy atom. The van der Waals surface area contributed by atoms with Crippen LogP contribution in [0.2, 0.25) is 5.02 Å². The van der Waals surface area contributed by atoms with Crippen molar-refractivity contribution in [1.82, 2.24) is 4.98 Å². The second-order valence-corrected chi connectivity index (χ2v) is 11.6. The van der Waals surface area contributed by atoms with Crippen molar-refractivity contribution in [2.24, 2.45) is 17.8 Å². The van der Waals surface area contributed by atoms with E-state index in [-0.39, 0.29) is 28.0 Å². The number of fused-ring (bicyclic) bond motifs is 6. The minimum Gasteiger partial charge on any atom is -0.489 e. The van der Waals surface area contributed by atoms with Gasteiger partial charge in [-0.3, -0.25) is 14.9 Å². The number of nitro groups is 1. The van der Waals surface area contributed by atoms with Gasteiger partial charge in [0.1, 0.15) is 12.4 Å². The second kappa shape index (κ2) is 8.18. The summed E-state index contributed by atoms with van der Waals surface area (Å²) >= 11 is 9.35. The topological polar surface area (TPSA) is 85.2 Å². The predicted molar refractivity (Wildman–Crippen MR) is 130 cm³/mol. The van der Waals surface area contributed by atoms with Crippen LogP contribution in [-0.4, -0.2) is 15.2 Å². The third-order valence-electron chi connectivity index (χ3n) is 7.35. The minimum atomic E-state index is -0.363.